The number of aromatic amines is 1. The van der Waals surface area contributed by atoms with Gasteiger partial charge in [-0.3, -0.25) is 14.6 Å². The molecule has 0 aliphatic carbocycles. The molecule has 4 heterocycles. The Balaban J connectivity index is 1.18. The lowest BCUT2D eigenvalue weighted by Gasteiger charge is -2.38. The van der Waals surface area contributed by atoms with Gasteiger partial charge in [0.2, 0.25) is 6.79 Å². The summed E-state index contributed by atoms with van der Waals surface area (Å²) < 4.78 is 18.3. The molecule has 1 saturated heterocycles. The Morgan fingerprint density at radius 3 is 2.60 bits per heavy atom. The second-order valence-corrected chi connectivity index (χ2v) is 10.9. The number of piperazine rings is 1. The highest BCUT2D eigenvalue weighted by atomic mass is 16.7. The largest absolute Gasteiger partial charge is 0.497 e. The summed E-state index contributed by atoms with van der Waals surface area (Å²) in [4.78, 5) is 21.4. The fourth-order valence-electron chi connectivity index (χ4n) is 5.95. The number of fused-ring (bicyclic) bond motifs is 2. The van der Waals surface area contributed by atoms with Crippen molar-refractivity contribution in [2.24, 2.45) is 0 Å². The molecule has 2 aliphatic heterocycles. The van der Waals surface area contributed by atoms with Crippen molar-refractivity contribution < 1.29 is 14.2 Å². The lowest BCUT2D eigenvalue weighted by Crippen LogP contribution is -2.48. The van der Waals surface area contributed by atoms with E-state index in [-0.39, 0.29) is 12.4 Å². The number of hydrogen-bond donors (Lipinski definition) is 1. The second kappa shape index (κ2) is 11.9. The maximum atomic E-state index is 13.6. The van der Waals surface area contributed by atoms with Gasteiger partial charge in [-0.25, -0.2) is 4.68 Å². The van der Waals surface area contributed by atoms with Crippen molar-refractivity contribution in [3.8, 4) is 17.2 Å². The van der Waals surface area contributed by atoms with Crippen molar-refractivity contribution in [2.75, 3.05) is 40.1 Å². The first-order chi connectivity index (χ1) is 21.1. The fourth-order valence-corrected chi connectivity index (χ4v) is 5.95. The highest BCUT2D eigenvalue weighted by Crippen LogP contribution is 2.33. The normalized spacial score (nSPS) is 16.0. The molecule has 2 aliphatic rings. The Morgan fingerprint density at radius 2 is 1.77 bits per heavy atom. The van der Waals surface area contributed by atoms with Crippen molar-refractivity contribution in [3.05, 3.63) is 106 Å². The van der Waals surface area contributed by atoms with Crippen LogP contribution in [-0.4, -0.2) is 75.1 Å². The minimum atomic E-state index is -0.419. The van der Waals surface area contributed by atoms with Gasteiger partial charge in [-0.15, -0.1) is 5.10 Å². The van der Waals surface area contributed by atoms with Gasteiger partial charge in [0.1, 0.15) is 11.8 Å². The molecule has 11 nitrogen and oxygen atoms in total. The Kier molecular flexibility index (Phi) is 7.48. The quantitative estimate of drug-likeness (QED) is 0.281. The van der Waals surface area contributed by atoms with E-state index in [2.05, 4.69) is 54.6 Å². The monoisotopic (exact) mass is 579 g/mol. The molecule has 220 valence electrons. The molecule has 0 bridgehead atoms. The predicted octanol–water partition coefficient (Wildman–Crippen LogP) is 3.40. The first-order valence-corrected chi connectivity index (χ1v) is 14.5. The predicted molar refractivity (Wildman–Crippen MR) is 160 cm³/mol. The summed E-state index contributed by atoms with van der Waals surface area (Å²) in [5.74, 6) is 2.98. The molecule has 0 spiro atoms. The molecule has 1 N–H and O–H groups in total. The standard InChI is InChI=1S/C32H33N7O4/c1-41-25-8-9-27-24(18-25)19-26(32(40)33-27)30(31-34-35-36-39(31)12-11-22-5-3-2-4-6-22)38-15-13-37(14-16-38)20-23-7-10-28-29(17-23)43-21-42-28/h2-10,17-19,30H,11-16,20-21H2,1H3,(H,33,40). The van der Waals surface area contributed by atoms with Gasteiger partial charge in [-0.1, -0.05) is 36.4 Å². The number of benzene rings is 3. The Hall–Kier alpha value is -4.74. The van der Waals surface area contributed by atoms with Gasteiger partial charge in [-0.05, 0) is 64.4 Å². The highest BCUT2D eigenvalue weighted by molar-refractivity contribution is 5.80. The molecule has 11 heteroatoms. The van der Waals surface area contributed by atoms with E-state index in [9.17, 15) is 4.79 Å². The van der Waals surface area contributed by atoms with Gasteiger partial charge < -0.3 is 19.2 Å². The number of pyridine rings is 1. The molecular weight excluding hydrogens is 546 g/mol. The zero-order chi connectivity index (χ0) is 29.2. The maximum Gasteiger partial charge on any atom is 0.253 e. The van der Waals surface area contributed by atoms with Crippen LogP contribution >= 0.6 is 0 Å². The minimum absolute atomic E-state index is 0.150. The van der Waals surface area contributed by atoms with Crippen LogP contribution in [0.2, 0.25) is 0 Å². The lowest BCUT2D eigenvalue weighted by atomic mass is 10.0. The van der Waals surface area contributed by atoms with Crippen LogP contribution in [0.5, 0.6) is 17.2 Å². The van der Waals surface area contributed by atoms with Crippen LogP contribution in [0.3, 0.4) is 0 Å². The Labute approximate surface area is 248 Å². The van der Waals surface area contributed by atoms with Crippen LogP contribution in [0.15, 0.2) is 77.6 Å². The number of tetrazole rings is 1. The van der Waals surface area contributed by atoms with Gasteiger partial charge in [0.05, 0.1) is 7.11 Å². The van der Waals surface area contributed by atoms with E-state index in [1.165, 1.54) is 11.1 Å². The summed E-state index contributed by atoms with van der Waals surface area (Å²) in [7, 11) is 1.64. The summed E-state index contributed by atoms with van der Waals surface area (Å²) in [6, 6.07) is 23.6. The van der Waals surface area contributed by atoms with Crippen LogP contribution in [0, 0.1) is 0 Å². The van der Waals surface area contributed by atoms with E-state index in [0.29, 0.717) is 17.9 Å². The topological polar surface area (TPSA) is 111 Å². The molecule has 0 amide bonds. The summed E-state index contributed by atoms with van der Waals surface area (Å²) in [5.41, 5.74) is 3.60. The summed E-state index contributed by atoms with van der Waals surface area (Å²) in [6.07, 6.45) is 0.778. The summed E-state index contributed by atoms with van der Waals surface area (Å²) in [6.45, 7) is 4.83. The number of nitrogens with zero attached hydrogens (tertiary/aromatic N) is 6. The van der Waals surface area contributed by atoms with Crippen LogP contribution in [0.1, 0.15) is 28.6 Å². The fraction of sp³-hybridized carbons (Fsp3) is 0.312. The van der Waals surface area contributed by atoms with Gasteiger partial charge in [0.15, 0.2) is 17.3 Å². The molecule has 0 radical (unpaired) electrons. The Bertz CT molecular complexity index is 1780. The third-order valence-corrected chi connectivity index (χ3v) is 8.25. The van der Waals surface area contributed by atoms with Crippen LogP contribution in [0.25, 0.3) is 10.9 Å². The smallest absolute Gasteiger partial charge is 0.253 e. The van der Waals surface area contributed by atoms with Gasteiger partial charge in [-0.2, -0.15) is 0 Å². The lowest BCUT2D eigenvalue weighted by molar-refractivity contribution is 0.0996. The molecule has 5 aromatic rings. The molecule has 1 atom stereocenters. The van der Waals surface area contributed by atoms with Crippen molar-refractivity contribution in [2.45, 2.75) is 25.6 Å². The van der Waals surface area contributed by atoms with E-state index in [1.54, 1.807) is 7.11 Å². The van der Waals surface area contributed by atoms with Gasteiger partial charge in [0, 0.05) is 55.7 Å². The zero-order valence-corrected chi connectivity index (χ0v) is 24.0. The molecule has 3 aromatic carbocycles. The van der Waals surface area contributed by atoms with Crippen molar-refractivity contribution in [1.82, 2.24) is 35.0 Å². The van der Waals surface area contributed by atoms with E-state index in [1.807, 2.05) is 53.2 Å². The van der Waals surface area contributed by atoms with Crippen LogP contribution in [0.4, 0.5) is 0 Å². The SMILES string of the molecule is COc1ccc2[nH]c(=O)c(C(c3nnnn3CCc3ccccc3)N3CCN(Cc4ccc5c(c4)OCO5)CC3)cc2c1. The van der Waals surface area contributed by atoms with Gasteiger partial charge >= 0.3 is 0 Å². The molecule has 1 fully saturated rings. The summed E-state index contributed by atoms with van der Waals surface area (Å²) in [5, 5.41) is 13.8. The minimum Gasteiger partial charge on any atom is -0.497 e. The molecule has 43 heavy (non-hydrogen) atoms. The number of aryl methyl sites for hydroxylation is 2. The van der Waals surface area contributed by atoms with Crippen LogP contribution < -0.4 is 19.8 Å². The number of rotatable bonds is 9. The summed E-state index contributed by atoms with van der Waals surface area (Å²) >= 11 is 0. The molecule has 0 saturated carbocycles. The van der Waals surface area contributed by atoms with Crippen molar-refractivity contribution in [1.29, 1.82) is 0 Å². The van der Waals surface area contributed by atoms with E-state index in [0.717, 1.165) is 67.3 Å². The third kappa shape index (κ3) is 5.69. The average Bonchev–Trinajstić information content (AvgIpc) is 3.71. The zero-order valence-electron chi connectivity index (χ0n) is 24.0. The number of ether oxygens (including phenoxy) is 3. The molecule has 7 rings (SSSR count). The molecule has 2 aromatic heterocycles. The third-order valence-electron chi connectivity index (χ3n) is 8.25. The van der Waals surface area contributed by atoms with Gasteiger partial charge in [0.25, 0.3) is 5.56 Å². The highest BCUT2D eigenvalue weighted by Gasteiger charge is 2.33. The van der Waals surface area contributed by atoms with Crippen molar-refractivity contribution >= 4 is 10.9 Å². The first-order valence-electron chi connectivity index (χ1n) is 14.5. The number of H-pyrrole nitrogens is 1. The molecular formula is C32H33N7O4. The van der Waals surface area contributed by atoms with Crippen molar-refractivity contribution in [3.63, 3.8) is 0 Å². The van der Waals surface area contributed by atoms with E-state index in [4.69, 9.17) is 14.2 Å². The van der Waals surface area contributed by atoms with E-state index < -0.39 is 6.04 Å². The number of nitrogens with one attached hydrogen (secondary N) is 1. The second-order valence-electron chi connectivity index (χ2n) is 10.9. The number of aromatic nitrogens is 5. The number of methoxy groups -OCH3 is 1. The molecule has 1 unspecified atom stereocenters. The average molecular weight is 580 g/mol. The van der Waals surface area contributed by atoms with E-state index >= 15 is 0 Å². The number of hydrogen-bond acceptors (Lipinski definition) is 9. The van der Waals surface area contributed by atoms with Crippen LogP contribution in [-0.2, 0) is 19.5 Å². The maximum absolute atomic E-state index is 13.6. The Morgan fingerprint density at radius 1 is 0.930 bits per heavy atom. The first kappa shape index (κ1) is 27.1.